The number of anilines is 1. The van der Waals surface area contributed by atoms with Crippen molar-refractivity contribution in [2.75, 3.05) is 26.1 Å². The van der Waals surface area contributed by atoms with Gasteiger partial charge in [-0.2, -0.15) is 13.2 Å². The number of alkyl halides is 3. The van der Waals surface area contributed by atoms with Crippen LogP contribution in [0.25, 0.3) is 10.9 Å². The number of halogens is 3. The fraction of sp³-hybridized carbons (Fsp3) is 0.417. The first-order valence-corrected chi connectivity index (χ1v) is 10.7. The summed E-state index contributed by atoms with van der Waals surface area (Å²) >= 11 is 0. The van der Waals surface area contributed by atoms with Crippen LogP contribution < -0.4 is 14.8 Å². The maximum atomic E-state index is 13.0. The summed E-state index contributed by atoms with van der Waals surface area (Å²) in [4.78, 5) is 8.95. The Balaban J connectivity index is 1.60. The summed E-state index contributed by atoms with van der Waals surface area (Å²) in [5.41, 5.74) is 0.449. The predicted octanol–water partition coefficient (Wildman–Crippen LogP) is 5.38. The highest BCUT2D eigenvalue weighted by molar-refractivity contribution is 5.91. The Morgan fingerprint density at radius 2 is 1.88 bits per heavy atom. The van der Waals surface area contributed by atoms with E-state index in [1.54, 1.807) is 39.3 Å². The number of benzene rings is 2. The molecule has 1 saturated carbocycles. The van der Waals surface area contributed by atoms with Gasteiger partial charge in [0.15, 0.2) is 11.5 Å². The summed E-state index contributed by atoms with van der Waals surface area (Å²) in [6.45, 7) is 2.32. The van der Waals surface area contributed by atoms with Crippen LogP contribution in [-0.4, -0.2) is 36.9 Å². The number of nitrogens with zero attached hydrogens (tertiary/aromatic N) is 2. The lowest BCUT2D eigenvalue weighted by molar-refractivity contribution is -0.137. The third-order valence-corrected chi connectivity index (χ3v) is 5.66. The summed E-state index contributed by atoms with van der Waals surface area (Å²) in [7, 11) is 3.24. The van der Waals surface area contributed by atoms with Crippen LogP contribution in [0.4, 0.5) is 19.0 Å². The molecule has 1 aliphatic carbocycles. The molecule has 176 valence electrons. The van der Waals surface area contributed by atoms with Crippen LogP contribution in [0.3, 0.4) is 0 Å². The summed E-state index contributed by atoms with van der Waals surface area (Å²) in [5.74, 6) is 2.61. The number of hydrogen-bond acceptors (Lipinski definition) is 6. The van der Waals surface area contributed by atoms with E-state index in [2.05, 4.69) is 15.3 Å². The number of aryl methyl sites for hydroxylation is 1. The Labute approximate surface area is 190 Å². The van der Waals surface area contributed by atoms with Gasteiger partial charge in [0.05, 0.1) is 24.3 Å². The van der Waals surface area contributed by atoms with Gasteiger partial charge in [-0.25, -0.2) is 9.97 Å². The predicted molar refractivity (Wildman–Crippen MR) is 119 cm³/mol. The monoisotopic (exact) mass is 461 g/mol. The first-order valence-electron chi connectivity index (χ1n) is 10.7. The molecule has 1 aliphatic rings. The third-order valence-electron chi connectivity index (χ3n) is 5.66. The van der Waals surface area contributed by atoms with E-state index in [1.165, 1.54) is 6.07 Å². The van der Waals surface area contributed by atoms with Crippen molar-refractivity contribution >= 4 is 16.7 Å². The third kappa shape index (κ3) is 5.47. The number of aromatic nitrogens is 2. The molecule has 0 amide bonds. The van der Waals surface area contributed by atoms with Crippen molar-refractivity contribution in [3.8, 4) is 11.5 Å². The van der Waals surface area contributed by atoms with E-state index in [-0.39, 0.29) is 12.6 Å². The molecule has 0 aliphatic heterocycles. The minimum absolute atomic E-state index is 0.0122. The fourth-order valence-corrected chi connectivity index (χ4v) is 3.74. The van der Waals surface area contributed by atoms with E-state index >= 15 is 0 Å². The van der Waals surface area contributed by atoms with E-state index in [0.29, 0.717) is 52.1 Å². The van der Waals surface area contributed by atoms with Gasteiger partial charge < -0.3 is 19.5 Å². The zero-order valence-corrected chi connectivity index (χ0v) is 18.7. The fourth-order valence-electron chi connectivity index (χ4n) is 3.74. The van der Waals surface area contributed by atoms with E-state index in [4.69, 9.17) is 14.2 Å². The Morgan fingerprint density at radius 3 is 2.55 bits per heavy atom. The second-order valence-electron chi connectivity index (χ2n) is 8.11. The zero-order valence-electron chi connectivity index (χ0n) is 18.7. The molecule has 3 aromatic rings. The van der Waals surface area contributed by atoms with E-state index in [0.717, 1.165) is 25.0 Å². The van der Waals surface area contributed by atoms with Crippen molar-refractivity contribution in [2.24, 2.45) is 5.92 Å². The van der Waals surface area contributed by atoms with Crippen molar-refractivity contribution in [1.29, 1.82) is 0 Å². The first-order chi connectivity index (χ1) is 15.8. The lowest BCUT2D eigenvalue weighted by Gasteiger charge is -2.18. The molecule has 1 N–H and O–H groups in total. The van der Waals surface area contributed by atoms with Crippen LogP contribution >= 0.6 is 0 Å². The molecule has 0 bridgehead atoms. The smallest absolute Gasteiger partial charge is 0.416 e. The normalized spacial score (nSPS) is 14.8. The molecule has 1 aromatic heterocycles. The van der Waals surface area contributed by atoms with Gasteiger partial charge in [0.1, 0.15) is 18.2 Å². The van der Waals surface area contributed by atoms with Gasteiger partial charge in [-0.1, -0.05) is 12.1 Å². The SMILES string of the molecule is COc1cc2nc(C)nc(NCc3cccc(C(F)(F)F)c3)c2cc1OCC(OC)C1CC1. The molecule has 33 heavy (non-hydrogen) atoms. The molecule has 0 spiro atoms. The van der Waals surface area contributed by atoms with Crippen molar-refractivity contribution in [3.05, 3.63) is 53.3 Å². The van der Waals surface area contributed by atoms with E-state index in [9.17, 15) is 13.2 Å². The second-order valence-corrected chi connectivity index (χ2v) is 8.11. The number of hydrogen-bond donors (Lipinski definition) is 1. The van der Waals surface area contributed by atoms with Crippen LogP contribution in [0.1, 0.15) is 29.8 Å². The number of rotatable bonds is 9. The Hall–Kier alpha value is -3.07. The molecule has 1 fully saturated rings. The molecule has 4 rings (SSSR count). The number of methoxy groups -OCH3 is 2. The zero-order chi connectivity index (χ0) is 23.6. The van der Waals surface area contributed by atoms with Crippen molar-refractivity contribution in [1.82, 2.24) is 9.97 Å². The van der Waals surface area contributed by atoms with Gasteiger partial charge in [0.2, 0.25) is 0 Å². The molecule has 6 nitrogen and oxygen atoms in total. The van der Waals surface area contributed by atoms with Crippen LogP contribution in [0.15, 0.2) is 36.4 Å². The van der Waals surface area contributed by atoms with Crippen LogP contribution in [0, 0.1) is 12.8 Å². The summed E-state index contributed by atoms with van der Waals surface area (Å²) in [6.07, 6.45) is -2.11. The minimum Gasteiger partial charge on any atom is -0.493 e. The summed E-state index contributed by atoms with van der Waals surface area (Å²) < 4.78 is 56.2. The van der Waals surface area contributed by atoms with Gasteiger partial charge in [-0.05, 0) is 49.4 Å². The summed E-state index contributed by atoms with van der Waals surface area (Å²) in [6, 6.07) is 8.78. The lowest BCUT2D eigenvalue weighted by atomic mass is 10.1. The second kappa shape index (κ2) is 9.43. The molecule has 0 saturated heterocycles. The molecule has 0 radical (unpaired) electrons. The quantitative estimate of drug-likeness (QED) is 0.462. The highest BCUT2D eigenvalue weighted by atomic mass is 19.4. The standard InChI is InChI=1S/C24H26F3N3O3/c1-14-29-19-11-20(31-2)21(33-13-22(32-3)16-7-8-16)10-18(19)23(30-14)28-12-15-5-4-6-17(9-15)24(25,26)27/h4-6,9-11,16,22H,7-8,12-13H2,1-3H3,(H,28,29,30). The molecule has 9 heteroatoms. The number of nitrogens with one attached hydrogen (secondary N) is 1. The van der Waals surface area contributed by atoms with Crippen molar-refractivity contribution in [3.63, 3.8) is 0 Å². The van der Waals surface area contributed by atoms with Crippen molar-refractivity contribution in [2.45, 2.75) is 38.6 Å². The highest BCUT2D eigenvalue weighted by Gasteiger charge is 2.32. The maximum Gasteiger partial charge on any atom is 0.416 e. The van der Waals surface area contributed by atoms with Crippen LogP contribution in [0.2, 0.25) is 0 Å². The molecular weight excluding hydrogens is 435 g/mol. The maximum absolute atomic E-state index is 13.0. The number of fused-ring (bicyclic) bond motifs is 1. The Morgan fingerprint density at radius 1 is 1.09 bits per heavy atom. The lowest BCUT2D eigenvalue weighted by Crippen LogP contribution is -2.22. The molecule has 1 atom stereocenters. The van der Waals surface area contributed by atoms with Crippen LogP contribution in [-0.2, 0) is 17.5 Å². The average Bonchev–Trinajstić information content (AvgIpc) is 3.62. The van der Waals surface area contributed by atoms with Gasteiger partial charge in [0, 0.05) is 25.1 Å². The molecule has 1 heterocycles. The van der Waals surface area contributed by atoms with Crippen molar-refractivity contribution < 1.29 is 27.4 Å². The van der Waals surface area contributed by atoms with Gasteiger partial charge in [-0.15, -0.1) is 0 Å². The average molecular weight is 461 g/mol. The van der Waals surface area contributed by atoms with Gasteiger partial charge >= 0.3 is 6.18 Å². The molecule has 2 aromatic carbocycles. The molecular formula is C24H26F3N3O3. The minimum atomic E-state index is -4.39. The Kier molecular flexibility index (Phi) is 6.60. The van der Waals surface area contributed by atoms with Gasteiger partial charge in [0.25, 0.3) is 0 Å². The Bertz CT molecular complexity index is 1130. The van der Waals surface area contributed by atoms with E-state index in [1.807, 2.05) is 0 Å². The highest BCUT2D eigenvalue weighted by Crippen LogP contribution is 2.37. The topological polar surface area (TPSA) is 65.5 Å². The number of ether oxygens (including phenoxy) is 3. The molecule has 1 unspecified atom stereocenters. The summed E-state index contributed by atoms with van der Waals surface area (Å²) in [5, 5.41) is 3.84. The first kappa shape index (κ1) is 23.1. The van der Waals surface area contributed by atoms with Gasteiger partial charge in [-0.3, -0.25) is 0 Å². The van der Waals surface area contributed by atoms with E-state index < -0.39 is 11.7 Å². The largest absolute Gasteiger partial charge is 0.493 e. The van der Waals surface area contributed by atoms with Crippen LogP contribution in [0.5, 0.6) is 11.5 Å².